The van der Waals surface area contributed by atoms with Gasteiger partial charge in [-0.15, -0.1) is 0 Å². The fraction of sp³-hybridized carbons (Fsp3) is 0.500. The standard InChI is InChI=1S/C10H15NO3/c1-10(2,3)14-9(12)8(11)7-4-5-13-6-7/h4-6,8H,11H2,1-3H3. The highest BCUT2D eigenvalue weighted by Gasteiger charge is 2.23. The molecule has 1 aromatic heterocycles. The van der Waals surface area contributed by atoms with E-state index in [0.29, 0.717) is 5.56 Å². The summed E-state index contributed by atoms with van der Waals surface area (Å²) in [5.41, 5.74) is 5.76. The summed E-state index contributed by atoms with van der Waals surface area (Å²) in [5, 5.41) is 0. The Morgan fingerprint density at radius 1 is 1.57 bits per heavy atom. The van der Waals surface area contributed by atoms with Crippen molar-refractivity contribution in [3.05, 3.63) is 24.2 Å². The van der Waals surface area contributed by atoms with Gasteiger partial charge in [-0.25, -0.2) is 4.79 Å². The van der Waals surface area contributed by atoms with Gasteiger partial charge in [0.05, 0.1) is 12.5 Å². The SMILES string of the molecule is CC(C)(C)OC(=O)C(N)c1ccoc1. The lowest BCUT2D eigenvalue weighted by atomic mass is 10.1. The summed E-state index contributed by atoms with van der Waals surface area (Å²) in [6.45, 7) is 5.40. The number of nitrogens with two attached hydrogens (primary N) is 1. The molecule has 0 aromatic carbocycles. The van der Waals surface area contributed by atoms with Crippen LogP contribution in [-0.4, -0.2) is 11.6 Å². The van der Waals surface area contributed by atoms with Gasteiger partial charge in [0.25, 0.3) is 0 Å². The number of esters is 1. The van der Waals surface area contributed by atoms with Crippen molar-refractivity contribution in [3.8, 4) is 0 Å². The number of carbonyl (C=O) groups excluding carboxylic acids is 1. The Morgan fingerprint density at radius 3 is 2.64 bits per heavy atom. The van der Waals surface area contributed by atoms with Gasteiger partial charge in [-0.1, -0.05) is 0 Å². The van der Waals surface area contributed by atoms with E-state index < -0.39 is 17.6 Å². The van der Waals surface area contributed by atoms with E-state index in [0.717, 1.165) is 0 Å². The largest absolute Gasteiger partial charge is 0.472 e. The third kappa shape index (κ3) is 2.88. The molecule has 0 aliphatic rings. The molecule has 4 heteroatoms. The van der Waals surface area contributed by atoms with Crippen molar-refractivity contribution in [2.75, 3.05) is 0 Å². The second kappa shape index (κ2) is 3.84. The van der Waals surface area contributed by atoms with E-state index in [1.54, 1.807) is 26.8 Å². The average molecular weight is 197 g/mol. The van der Waals surface area contributed by atoms with Crippen molar-refractivity contribution < 1.29 is 13.9 Å². The summed E-state index contributed by atoms with van der Waals surface area (Å²) < 4.78 is 9.95. The van der Waals surface area contributed by atoms with E-state index in [1.165, 1.54) is 12.5 Å². The van der Waals surface area contributed by atoms with Crippen molar-refractivity contribution in [1.29, 1.82) is 0 Å². The fourth-order valence-corrected chi connectivity index (χ4v) is 0.953. The monoisotopic (exact) mass is 197 g/mol. The number of carbonyl (C=O) groups is 1. The second-order valence-corrected chi connectivity index (χ2v) is 4.07. The van der Waals surface area contributed by atoms with Crippen molar-refractivity contribution in [1.82, 2.24) is 0 Å². The number of furan rings is 1. The van der Waals surface area contributed by atoms with Crippen LogP contribution in [0.3, 0.4) is 0 Å². The van der Waals surface area contributed by atoms with E-state index in [9.17, 15) is 4.79 Å². The van der Waals surface area contributed by atoms with Crippen molar-refractivity contribution in [2.45, 2.75) is 32.4 Å². The summed E-state index contributed by atoms with van der Waals surface area (Å²) in [4.78, 5) is 11.5. The van der Waals surface area contributed by atoms with Crippen LogP contribution in [0.25, 0.3) is 0 Å². The van der Waals surface area contributed by atoms with Gasteiger partial charge < -0.3 is 14.9 Å². The zero-order valence-electron chi connectivity index (χ0n) is 8.61. The van der Waals surface area contributed by atoms with Gasteiger partial charge >= 0.3 is 5.97 Å². The number of ether oxygens (including phenoxy) is 1. The lowest BCUT2D eigenvalue weighted by Gasteiger charge is -2.21. The highest BCUT2D eigenvalue weighted by molar-refractivity contribution is 5.77. The van der Waals surface area contributed by atoms with E-state index >= 15 is 0 Å². The molecule has 1 heterocycles. The summed E-state index contributed by atoms with van der Waals surface area (Å²) in [5.74, 6) is -0.445. The molecule has 0 saturated carbocycles. The normalized spacial score (nSPS) is 13.7. The molecule has 2 N–H and O–H groups in total. The van der Waals surface area contributed by atoms with Gasteiger partial charge in [-0.2, -0.15) is 0 Å². The van der Waals surface area contributed by atoms with Gasteiger partial charge in [-0.05, 0) is 26.8 Å². The Morgan fingerprint density at radius 2 is 2.21 bits per heavy atom. The van der Waals surface area contributed by atoms with Crippen LogP contribution in [0.4, 0.5) is 0 Å². The van der Waals surface area contributed by atoms with E-state index in [4.69, 9.17) is 14.9 Å². The van der Waals surface area contributed by atoms with Crippen LogP contribution >= 0.6 is 0 Å². The minimum atomic E-state index is -0.770. The first-order valence-corrected chi connectivity index (χ1v) is 4.41. The molecule has 1 unspecified atom stereocenters. The predicted octanol–water partition coefficient (Wildman–Crippen LogP) is 1.62. The van der Waals surface area contributed by atoms with Crippen molar-refractivity contribution >= 4 is 5.97 Å². The Kier molecular flexibility index (Phi) is 2.96. The molecule has 0 radical (unpaired) electrons. The highest BCUT2D eigenvalue weighted by Crippen LogP contribution is 2.16. The third-order valence-corrected chi connectivity index (χ3v) is 1.56. The number of rotatable bonds is 2. The molecule has 0 aliphatic carbocycles. The van der Waals surface area contributed by atoms with Gasteiger partial charge in [0.1, 0.15) is 11.6 Å². The average Bonchev–Trinajstić information content (AvgIpc) is 2.51. The zero-order chi connectivity index (χ0) is 10.8. The lowest BCUT2D eigenvalue weighted by molar-refractivity contribution is -0.156. The molecule has 1 aromatic rings. The van der Waals surface area contributed by atoms with Crippen LogP contribution in [0.2, 0.25) is 0 Å². The summed E-state index contributed by atoms with van der Waals surface area (Å²) >= 11 is 0. The van der Waals surface area contributed by atoms with E-state index in [1.807, 2.05) is 0 Å². The molecule has 0 saturated heterocycles. The molecule has 0 bridgehead atoms. The Balaban J connectivity index is 2.63. The molecule has 0 amide bonds. The van der Waals surface area contributed by atoms with Gasteiger partial charge in [-0.3, -0.25) is 0 Å². The first-order chi connectivity index (χ1) is 6.40. The molecule has 1 rings (SSSR count). The predicted molar refractivity (Wildman–Crippen MR) is 51.5 cm³/mol. The first kappa shape index (κ1) is 10.8. The molecule has 14 heavy (non-hydrogen) atoms. The summed E-state index contributed by atoms with van der Waals surface area (Å²) in [7, 11) is 0. The molecule has 4 nitrogen and oxygen atoms in total. The van der Waals surface area contributed by atoms with Gasteiger partial charge in [0.15, 0.2) is 0 Å². The highest BCUT2D eigenvalue weighted by atomic mass is 16.6. The minimum Gasteiger partial charge on any atom is -0.472 e. The number of hydrogen-bond donors (Lipinski definition) is 1. The fourth-order valence-electron chi connectivity index (χ4n) is 0.953. The van der Waals surface area contributed by atoms with Crippen LogP contribution in [0.1, 0.15) is 32.4 Å². The third-order valence-electron chi connectivity index (χ3n) is 1.56. The Labute approximate surface area is 83.0 Å². The smallest absolute Gasteiger partial charge is 0.328 e. The molecule has 0 spiro atoms. The van der Waals surface area contributed by atoms with E-state index in [2.05, 4.69) is 0 Å². The maximum atomic E-state index is 11.5. The zero-order valence-corrected chi connectivity index (χ0v) is 8.61. The first-order valence-electron chi connectivity index (χ1n) is 4.41. The Bertz CT molecular complexity index is 298. The minimum absolute atomic E-state index is 0.445. The van der Waals surface area contributed by atoms with Crippen LogP contribution in [0, 0.1) is 0 Å². The molecular formula is C10H15NO3. The topological polar surface area (TPSA) is 65.5 Å². The van der Waals surface area contributed by atoms with E-state index in [-0.39, 0.29) is 0 Å². The van der Waals surface area contributed by atoms with Crippen molar-refractivity contribution in [3.63, 3.8) is 0 Å². The van der Waals surface area contributed by atoms with Gasteiger partial charge in [0.2, 0.25) is 0 Å². The maximum absolute atomic E-state index is 11.5. The van der Waals surface area contributed by atoms with Crippen molar-refractivity contribution in [2.24, 2.45) is 5.73 Å². The number of hydrogen-bond acceptors (Lipinski definition) is 4. The maximum Gasteiger partial charge on any atom is 0.328 e. The molecule has 0 aliphatic heterocycles. The molecule has 78 valence electrons. The quantitative estimate of drug-likeness (QED) is 0.731. The molecular weight excluding hydrogens is 182 g/mol. The summed E-state index contributed by atoms with van der Waals surface area (Å²) in [6, 6.07) is 0.877. The van der Waals surface area contributed by atoms with Crippen LogP contribution in [0.5, 0.6) is 0 Å². The van der Waals surface area contributed by atoms with Crippen LogP contribution in [-0.2, 0) is 9.53 Å². The lowest BCUT2D eigenvalue weighted by Crippen LogP contribution is -2.31. The molecule has 0 fully saturated rings. The Hall–Kier alpha value is -1.29. The summed E-state index contributed by atoms with van der Waals surface area (Å²) in [6.07, 6.45) is 2.91. The molecule has 1 atom stereocenters. The van der Waals surface area contributed by atoms with Crippen LogP contribution < -0.4 is 5.73 Å². The second-order valence-electron chi connectivity index (χ2n) is 4.07. The van der Waals surface area contributed by atoms with Crippen LogP contribution in [0.15, 0.2) is 23.0 Å². The van der Waals surface area contributed by atoms with Gasteiger partial charge in [0, 0.05) is 5.56 Å².